The van der Waals surface area contributed by atoms with Crippen LogP contribution in [0.25, 0.3) is 0 Å². The first-order valence-corrected chi connectivity index (χ1v) is 7.25. The van der Waals surface area contributed by atoms with E-state index in [-0.39, 0.29) is 5.84 Å². The third kappa shape index (κ3) is 3.52. The molecule has 98 valence electrons. The van der Waals surface area contributed by atoms with Crippen molar-refractivity contribution in [2.75, 3.05) is 0 Å². The van der Waals surface area contributed by atoms with Crippen LogP contribution in [-0.2, 0) is 5.75 Å². The molecule has 2 nitrogen and oxygen atoms in total. The minimum atomic E-state index is 0.111. The van der Waals surface area contributed by atoms with Crippen LogP contribution in [0.5, 0.6) is 0 Å². The van der Waals surface area contributed by atoms with Crippen molar-refractivity contribution in [3.05, 3.63) is 64.2 Å². The van der Waals surface area contributed by atoms with Crippen LogP contribution in [0.2, 0.25) is 5.02 Å². The van der Waals surface area contributed by atoms with Crippen LogP contribution in [0, 0.1) is 12.3 Å². The van der Waals surface area contributed by atoms with E-state index in [2.05, 4.69) is 6.07 Å². The van der Waals surface area contributed by atoms with Gasteiger partial charge in [0.05, 0.1) is 0 Å². The highest BCUT2D eigenvalue weighted by atomic mass is 35.5. The molecule has 4 heteroatoms. The van der Waals surface area contributed by atoms with Crippen LogP contribution in [0.1, 0.15) is 16.7 Å². The highest BCUT2D eigenvalue weighted by Gasteiger charge is 2.04. The van der Waals surface area contributed by atoms with E-state index in [1.165, 1.54) is 0 Å². The molecule has 0 radical (unpaired) electrons. The molecule has 2 aromatic carbocycles. The largest absolute Gasteiger partial charge is 0.384 e. The second-order valence-electron chi connectivity index (χ2n) is 4.27. The summed E-state index contributed by atoms with van der Waals surface area (Å²) < 4.78 is 0. The first-order valence-electron chi connectivity index (χ1n) is 5.89. The van der Waals surface area contributed by atoms with Gasteiger partial charge in [-0.05, 0) is 42.3 Å². The highest BCUT2D eigenvalue weighted by Crippen LogP contribution is 2.27. The summed E-state index contributed by atoms with van der Waals surface area (Å²) in [7, 11) is 0. The molecule has 0 aliphatic heterocycles. The lowest BCUT2D eigenvalue weighted by atomic mass is 10.1. The molecule has 2 aromatic rings. The minimum Gasteiger partial charge on any atom is -0.384 e. The molecule has 0 fully saturated rings. The van der Waals surface area contributed by atoms with E-state index in [1.807, 2.05) is 43.3 Å². The van der Waals surface area contributed by atoms with Crippen molar-refractivity contribution in [3.8, 4) is 0 Å². The van der Waals surface area contributed by atoms with E-state index in [0.29, 0.717) is 0 Å². The summed E-state index contributed by atoms with van der Waals surface area (Å²) in [5.41, 5.74) is 8.45. The van der Waals surface area contributed by atoms with Crippen LogP contribution in [0.15, 0.2) is 47.4 Å². The number of aryl methyl sites for hydroxylation is 1. The molecule has 0 saturated carbocycles. The molecule has 0 spiro atoms. The molecule has 0 amide bonds. The van der Waals surface area contributed by atoms with E-state index in [9.17, 15) is 0 Å². The van der Waals surface area contributed by atoms with E-state index in [0.717, 1.165) is 32.4 Å². The van der Waals surface area contributed by atoms with Gasteiger partial charge < -0.3 is 5.73 Å². The fourth-order valence-electron chi connectivity index (χ4n) is 1.80. The van der Waals surface area contributed by atoms with Crippen molar-refractivity contribution in [3.63, 3.8) is 0 Å². The molecule has 0 aliphatic carbocycles. The number of amidine groups is 1. The predicted molar refractivity (Wildman–Crippen MR) is 83.2 cm³/mol. The number of nitrogens with one attached hydrogen (secondary N) is 1. The van der Waals surface area contributed by atoms with Gasteiger partial charge in [-0.1, -0.05) is 29.8 Å². The molecule has 0 aromatic heterocycles. The van der Waals surface area contributed by atoms with Gasteiger partial charge in [-0.2, -0.15) is 0 Å². The van der Waals surface area contributed by atoms with Crippen molar-refractivity contribution in [2.24, 2.45) is 5.73 Å². The normalized spacial score (nSPS) is 10.4. The first-order chi connectivity index (χ1) is 9.08. The molecular formula is C15H15ClN2S. The molecule has 0 saturated heterocycles. The van der Waals surface area contributed by atoms with Gasteiger partial charge in [0, 0.05) is 21.2 Å². The van der Waals surface area contributed by atoms with Crippen molar-refractivity contribution >= 4 is 29.2 Å². The third-order valence-corrected chi connectivity index (χ3v) is 4.25. The Labute approximate surface area is 122 Å². The quantitative estimate of drug-likeness (QED) is 0.503. The SMILES string of the molecule is Cc1cc(SCc2ccccc2Cl)ccc1C(=N)N. The topological polar surface area (TPSA) is 49.9 Å². The Kier molecular flexibility index (Phi) is 4.51. The molecule has 0 atom stereocenters. The van der Waals surface area contributed by atoms with E-state index in [4.69, 9.17) is 22.7 Å². The van der Waals surface area contributed by atoms with Gasteiger partial charge >= 0.3 is 0 Å². The summed E-state index contributed by atoms with van der Waals surface area (Å²) in [6, 6.07) is 13.8. The summed E-state index contributed by atoms with van der Waals surface area (Å²) in [5, 5.41) is 8.26. The average Bonchev–Trinajstić information content (AvgIpc) is 2.37. The van der Waals surface area contributed by atoms with Crippen LogP contribution in [0.4, 0.5) is 0 Å². The molecule has 0 unspecified atom stereocenters. The molecule has 0 aliphatic rings. The summed E-state index contributed by atoms with van der Waals surface area (Å²) in [5.74, 6) is 0.943. The summed E-state index contributed by atoms with van der Waals surface area (Å²) >= 11 is 7.86. The van der Waals surface area contributed by atoms with Gasteiger partial charge in [0.25, 0.3) is 0 Å². The Morgan fingerprint density at radius 2 is 2.00 bits per heavy atom. The number of benzene rings is 2. The lowest BCUT2D eigenvalue weighted by Crippen LogP contribution is -2.12. The number of hydrogen-bond donors (Lipinski definition) is 2. The Balaban J connectivity index is 2.11. The zero-order valence-electron chi connectivity index (χ0n) is 10.6. The van der Waals surface area contributed by atoms with Crippen molar-refractivity contribution < 1.29 is 0 Å². The van der Waals surface area contributed by atoms with Gasteiger partial charge in [0.15, 0.2) is 0 Å². The fourth-order valence-corrected chi connectivity index (χ4v) is 3.08. The van der Waals surface area contributed by atoms with Crippen molar-refractivity contribution in [1.29, 1.82) is 5.41 Å². The summed E-state index contributed by atoms with van der Waals surface area (Å²) in [6.07, 6.45) is 0. The van der Waals surface area contributed by atoms with Crippen molar-refractivity contribution in [1.82, 2.24) is 0 Å². The molecular weight excluding hydrogens is 276 g/mol. The smallest absolute Gasteiger partial charge is 0.123 e. The van der Waals surface area contributed by atoms with Gasteiger partial charge in [0.1, 0.15) is 5.84 Å². The van der Waals surface area contributed by atoms with Crippen LogP contribution in [-0.4, -0.2) is 5.84 Å². The van der Waals surface area contributed by atoms with Crippen LogP contribution < -0.4 is 5.73 Å². The van der Waals surface area contributed by atoms with Crippen LogP contribution >= 0.6 is 23.4 Å². The zero-order chi connectivity index (χ0) is 13.8. The second kappa shape index (κ2) is 6.13. The molecule has 2 rings (SSSR count). The Morgan fingerprint density at radius 3 is 2.63 bits per heavy atom. The monoisotopic (exact) mass is 290 g/mol. The lowest BCUT2D eigenvalue weighted by Gasteiger charge is -2.08. The Morgan fingerprint density at radius 1 is 1.26 bits per heavy atom. The molecule has 0 bridgehead atoms. The number of hydrogen-bond acceptors (Lipinski definition) is 2. The summed E-state index contributed by atoms with van der Waals surface area (Å²) in [6.45, 7) is 1.97. The summed E-state index contributed by atoms with van der Waals surface area (Å²) in [4.78, 5) is 1.16. The number of rotatable bonds is 4. The lowest BCUT2D eigenvalue weighted by molar-refractivity contribution is 1.30. The molecule has 3 N–H and O–H groups in total. The number of thioether (sulfide) groups is 1. The first kappa shape index (κ1) is 14.0. The van der Waals surface area contributed by atoms with Gasteiger partial charge in [-0.3, -0.25) is 5.41 Å². The number of halogens is 1. The van der Waals surface area contributed by atoms with Crippen molar-refractivity contribution in [2.45, 2.75) is 17.6 Å². The average molecular weight is 291 g/mol. The van der Waals surface area contributed by atoms with Crippen LogP contribution in [0.3, 0.4) is 0 Å². The van der Waals surface area contributed by atoms with Gasteiger partial charge in [-0.25, -0.2) is 0 Å². The van der Waals surface area contributed by atoms with E-state index < -0.39 is 0 Å². The Hall–Kier alpha value is -1.45. The fraction of sp³-hybridized carbons (Fsp3) is 0.133. The second-order valence-corrected chi connectivity index (χ2v) is 5.73. The standard InChI is InChI=1S/C15H15ClN2S/c1-10-8-12(6-7-13(10)15(17)18)19-9-11-4-2-3-5-14(11)16/h2-8H,9H2,1H3,(H3,17,18). The molecule has 0 heterocycles. The maximum Gasteiger partial charge on any atom is 0.123 e. The third-order valence-electron chi connectivity index (χ3n) is 2.84. The maximum absolute atomic E-state index is 7.46. The molecule has 19 heavy (non-hydrogen) atoms. The minimum absolute atomic E-state index is 0.111. The zero-order valence-corrected chi connectivity index (χ0v) is 12.2. The van der Waals surface area contributed by atoms with E-state index >= 15 is 0 Å². The van der Waals surface area contributed by atoms with Gasteiger partial charge in [-0.15, -0.1) is 11.8 Å². The predicted octanol–water partition coefficient (Wildman–Crippen LogP) is 4.22. The van der Waals surface area contributed by atoms with Gasteiger partial charge in [0.2, 0.25) is 0 Å². The maximum atomic E-state index is 7.46. The Bertz CT molecular complexity index is 611. The van der Waals surface area contributed by atoms with E-state index in [1.54, 1.807) is 11.8 Å². The number of nitrogens with two attached hydrogens (primary N) is 1. The number of nitrogen functional groups attached to an aromatic ring is 1. The highest BCUT2D eigenvalue weighted by molar-refractivity contribution is 7.98.